The van der Waals surface area contributed by atoms with Gasteiger partial charge in [-0.15, -0.1) is 0 Å². The van der Waals surface area contributed by atoms with E-state index in [1.54, 1.807) is 14.1 Å². The summed E-state index contributed by atoms with van der Waals surface area (Å²) in [5, 5.41) is 8.56. The first-order valence-corrected chi connectivity index (χ1v) is 4.67. The number of hydrogen-bond acceptors (Lipinski definition) is 2. The third-order valence-corrected chi connectivity index (χ3v) is 1.70. The molecule has 0 bridgehead atoms. The number of carboxylic acids is 1. The molecule has 13 heavy (non-hydrogen) atoms. The zero-order valence-electron chi connectivity index (χ0n) is 8.75. The van der Waals surface area contributed by atoms with Crippen molar-refractivity contribution in [3.63, 3.8) is 0 Å². The van der Waals surface area contributed by atoms with Gasteiger partial charge in [-0.2, -0.15) is 4.65 Å². The summed E-state index contributed by atoms with van der Waals surface area (Å²) in [6.07, 6.45) is 3.28. The Morgan fingerprint density at radius 3 is 2.46 bits per heavy atom. The highest BCUT2D eigenvalue weighted by Gasteiger charge is 2.20. The highest BCUT2D eigenvalue weighted by atomic mass is 16.7. The van der Waals surface area contributed by atoms with E-state index in [9.17, 15) is 4.79 Å². The molecular weight excluding hydrogens is 170 g/mol. The van der Waals surface area contributed by atoms with Crippen molar-refractivity contribution in [2.75, 3.05) is 27.2 Å². The number of hydroxylamine groups is 3. The topological polar surface area (TPSA) is 46.5 Å². The fourth-order valence-electron chi connectivity index (χ4n) is 1.04. The first-order valence-electron chi connectivity index (χ1n) is 4.67. The molecular formula is C9H20NO3+. The van der Waals surface area contributed by atoms with Gasteiger partial charge in [-0.1, -0.05) is 19.8 Å². The average molecular weight is 190 g/mol. The molecule has 0 saturated carbocycles. The molecule has 0 fully saturated rings. The van der Waals surface area contributed by atoms with Gasteiger partial charge >= 0.3 is 5.97 Å². The molecule has 0 heterocycles. The van der Waals surface area contributed by atoms with Gasteiger partial charge in [0.05, 0.1) is 14.1 Å². The van der Waals surface area contributed by atoms with E-state index in [4.69, 9.17) is 9.94 Å². The molecule has 0 aliphatic rings. The molecule has 78 valence electrons. The van der Waals surface area contributed by atoms with E-state index in [2.05, 4.69) is 6.92 Å². The number of nitrogens with zero attached hydrogens (tertiary/aromatic N) is 1. The van der Waals surface area contributed by atoms with Crippen LogP contribution in [0.5, 0.6) is 0 Å². The number of hydrogen-bond donors (Lipinski definition) is 1. The lowest BCUT2D eigenvalue weighted by Crippen LogP contribution is -2.43. The van der Waals surface area contributed by atoms with Gasteiger partial charge in [-0.3, -0.25) is 0 Å². The van der Waals surface area contributed by atoms with Crippen molar-refractivity contribution >= 4 is 5.97 Å². The lowest BCUT2D eigenvalue weighted by Gasteiger charge is -2.24. The van der Waals surface area contributed by atoms with E-state index in [-0.39, 0.29) is 11.2 Å². The summed E-state index contributed by atoms with van der Waals surface area (Å²) < 4.78 is 0.0963. The zero-order chi connectivity index (χ0) is 10.3. The van der Waals surface area contributed by atoms with E-state index in [1.165, 1.54) is 0 Å². The lowest BCUT2D eigenvalue weighted by atomic mass is 10.3. The maximum Gasteiger partial charge on any atom is 0.362 e. The number of carbonyl (C=O) groups is 1. The van der Waals surface area contributed by atoms with Crippen LogP contribution >= 0.6 is 0 Å². The number of unbranched alkanes of at least 4 members (excludes halogenated alkanes) is 2. The van der Waals surface area contributed by atoms with Gasteiger partial charge in [0.25, 0.3) is 0 Å². The van der Waals surface area contributed by atoms with E-state index in [0.29, 0.717) is 6.61 Å². The standard InChI is InChI=1S/C9H19NO3/c1-4-5-6-7-13-10(2,3)8-9(11)12/h4-8H2,1-3H3/p+1. The first-order chi connectivity index (χ1) is 5.98. The third-order valence-electron chi connectivity index (χ3n) is 1.70. The predicted molar refractivity (Wildman–Crippen MR) is 50.1 cm³/mol. The monoisotopic (exact) mass is 190 g/mol. The van der Waals surface area contributed by atoms with Crippen LogP contribution in [0.25, 0.3) is 0 Å². The van der Waals surface area contributed by atoms with Crippen molar-refractivity contribution in [2.45, 2.75) is 26.2 Å². The molecule has 0 unspecified atom stereocenters. The lowest BCUT2D eigenvalue weighted by molar-refractivity contribution is -1.07. The Labute approximate surface area is 79.7 Å². The van der Waals surface area contributed by atoms with Crippen LogP contribution in [0.4, 0.5) is 0 Å². The Morgan fingerprint density at radius 1 is 1.38 bits per heavy atom. The molecule has 4 heteroatoms. The van der Waals surface area contributed by atoms with E-state index >= 15 is 0 Å². The summed E-state index contributed by atoms with van der Waals surface area (Å²) >= 11 is 0. The minimum Gasteiger partial charge on any atom is -0.477 e. The highest BCUT2D eigenvalue weighted by molar-refractivity contribution is 5.67. The van der Waals surface area contributed by atoms with E-state index < -0.39 is 5.97 Å². The Morgan fingerprint density at radius 2 is 2.00 bits per heavy atom. The van der Waals surface area contributed by atoms with Gasteiger partial charge in [0.2, 0.25) is 6.54 Å². The van der Waals surface area contributed by atoms with Crippen LogP contribution in [0.15, 0.2) is 0 Å². The largest absolute Gasteiger partial charge is 0.477 e. The molecule has 0 spiro atoms. The molecule has 0 radical (unpaired) electrons. The Hall–Kier alpha value is -0.610. The molecule has 1 N–H and O–H groups in total. The minimum absolute atomic E-state index is 0.00608. The molecule has 0 aromatic rings. The van der Waals surface area contributed by atoms with Crippen molar-refractivity contribution in [1.82, 2.24) is 0 Å². The summed E-state index contributed by atoms with van der Waals surface area (Å²) in [4.78, 5) is 15.8. The van der Waals surface area contributed by atoms with Crippen LogP contribution in [0, 0.1) is 0 Å². The Kier molecular flexibility index (Phi) is 5.66. The van der Waals surface area contributed by atoms with Crippen LogP contribution in [0.2, 0.25) is 0 Å². The van der Waals surface area contributed by atoms with Crippen LogP contribution in [-0.4, -0.2) is 43.0 Å². The van der Waals surface area contributed by atoms with Crippen molar-refractivity contribution in [3.05, 3.63) is 0 Å². The van der Waals surface area contributed by atoms with Crippen LogP contribution in [0.1, 0.15) is 26.2 Å². The second kappa shape index (κ2) is 5.94. The fraction of sp³-hybridized carbons (Fsp3) is 0.889. The molecule has 0 aromatic carbocycles. The third kappa shape index (κ3) is 7.74. The fourth-order valence-corrected chi connectivity index (χ4v) is 1.04. The smallest absolute Gasteiger partial charge is 0.362 e. The maximum absolute atomic E-state index is 10.4. The average Bonchev–Trinajstić information content (AvgIpc) is 1.95. The van der Waals surface area contributed by atoms with E-state index in [0.717, 1.165) is 19.3 Å². The summed E-state index contributed by atoms with van der Waals surface area (Å²) in [7, 11) is 3.50. The van der Waals surface area contributed by atoms with Crippen LogP contribution in [-0.2, 0) is 9.63 Å². The molecule has 0 amide bonds. The Balaban J connectivity index is 3.56. The van der Waals surface area contributed by atoms with Gasteiger partial charge in [-0.05, 0) is 6.42 Å². The van der Waals surface area contributed by atoms with Gasteiger partial charge < -0.3 is 5.11 Å². The van der Waals surface area contributed by atoms with Crippen molar-refractivity contribution in [3.8, 4) is 0 Å². The first kappa shape index (κ1) is 12.4. The highest BCUT2D eigenvalue weighted by Crippen LogP contribution is 2.02. The quantitative estimate of drug-likeness (QED) is 0.373. The molecule has 0 aliphatic carbocycles. The zero-order valence-corrected chi connectivity index (χ0v) is 8.75. The second-order valence-corrected chi connectivity index (χ2v) is 3.67. The number of rotatable bonds is 7. The van der Waals surface area contributed by atoms with Crippen molar-refractivity contribution in [1.29, 1.82) is 0 Å². The van der Waals surface area contributed by atoms with E-state index in [1.807, 2.05) is 0 Å². The van der Waals surface area contributed by atoms with Crippen molar-refractivity contribution in [2.24, 2.45) is 0 Å². The van der Waals surface area contributed by atoms with Crippen LogP contribution in [0.3, 0.4) is 0 Å². The number of carboxylic acid groups (broad SMARTS) is 1. The molecule has 4 nitrogen and oxygen atoms in total. The summed E-state index contributed by atoms with van der Waals surface area (Å²) in [6, 6.07) is 0. The van der Waals surface area contributed by atoms with Gasteiger partial charge in [0, 0.05) is 0 Å². The molecule has 0 saturated heterocycles. The number of aliphatic carboxylic acids is 1. The molecule has 0 aromatic heterocycles. The number of quaternary nitrogens is 1. The summed E-state index contributed by atoms with van der Waals surface area (Å²) in [6.45, 7) is 2.76. The van der Waals surface area contributed by atoms with Gasteiger partial charge in [0.15, 0.2) is 0 Å². The van der Waals surface area contributed by atoms with Gasteiger partial charge in [-0.25, -0.2) is 9.63 Å². The minimum atomic E-state index is -0.833. The SMILES string of the molecule is CCCCCO[N+](C)(C)CC(=O)O. The maximum atomic E-state index is 10.4. The van der Waals surface area contributed by atoms with Crippen LogP contribution < -0.4 is 0 Å². The predicted octanol–water partition coefficient (Wildman–Crippen LogP) is 1.27. The summed E-state index contributed by atoms with van der Waals surface area (Å²) in [5.74, 6) is -0.833. The molecule has 0 atom stereocenters. The molecule has 0 aliphatic heterocycles. The molecule has 0 rings (SSSR count). The number of likely N-dealkylation sites (N-methyl/N-ethyl adjacent to an activating group) is 1. The van der Waals surface area contributed by atoms with Crippen molar-refractivity contribution < 1.29 is 19.4 Å². The second-order valence-electron chi connectivity index (χ2n) is 3.67. The van der Waals surface area contributed by atoms with Gasteiger partial charge in [0.1, 0.15) is 6.61 Å². The normalized spacial score (nSPS) is 11.6. The Bertz CT molecular complexity index is 157. The summed E-state index contributed by atoms with van der Waals surface area (Å²) in [5.41, 5.74) is 0.